The van der Waals surface area contributed by atoms with E-state index in [2.05, 4.69) is 47.7 Å². The molecule has 0 radical (unpaired) electrons. The van der Waals surface area contributed by atoms with Crippen molar-refractivity contribution in [2.24, 2.45) is 4.99 Å². The lowest BCUT2D eigenvalue weighted by atomic mass is 10.1. The number of aryl methyl sites for hydroxylation is 1. The summed E-state index contributed by atoms with van der Waals surface area (Å²) in [4.78, 5) is 4.20. The van der Waals surface area contributed by atoms with E-state index in [0.29, 0.717) is 6.10 Å². The Morgan fingerprint density at radius 3 is 2.64 bits per heavy atom. The van der Waals surface area contributed by atoms with Crippen molar-refractivity contribution in [1.29, 1.82) is 0 Å². The molecule has 0 aliphatic heterocycles. The highest BCUT2D eigenvalue weighted by Gasteiger charge is 2.18. The molecule has 0 spiro atoms. The molecule has 0 bridgehead atoms. The predicted octanol–water partition coefficient (Wildman–Crippen LogP) is 3.62. The van der Waals surface area contributed by atoms with Gasteiger partial charge in [0.1, 0.15) is 5.75 Å². The van der Waals surface area contributed by atoms with Gasteiger partial charge in [-0.15, -0.1) is 24.0 Å². The van der Waals surface area contributed by atoms with Gasteiger partial charge in [0, 0.05) is 25.7 Å². The first-order valence-corrected chi connectivity index (χ1v) is 7.93. The average molecular weight is 417 g/mol. The number of rotatable bonds is 5. The topological polar surface area (TPSA) is 45.7 Å². The van der Waals surface area contributed by atoms with E-state index in [1.54, 1.807) is 7.05 Å². The fourth-order valence-electron chi connectivity index (χ4n) is 2.67. The van der Waals surface area contributed by atoms with E-state index >= 15 is 0 Å². The van der Waals surface area contributed by atoms with E-state index in [4.69, 9.17) is 4.74 Å². The van der Waals surface area contributed by atoms with Crippen LogP contribution < -0.4 is 15.4 Å². The molecule has 0 saturated heterocycles. The van der Waals surface area contributed by atoms with Crippen molar-refractivity contribution in [2.45, 2.75) is 52.2 Å². The van der Waals surface area contributed by atoms with Gasteiger partial charge in [-0.25, -0.2) is 0 Å². The molecule has 0 atom stereocenters. The van der Waals surface area contributed by atoms with E-state index in [-0.39, 0.29) is 24.0 Å². The predicted molar refractivity (Wildman–Crippen MR) is 103 cm³/mol. The Labute approximate surface area is 151 Å². The second-order valence-electron chi connectivity index (χ2n) is 5.59. The maximum atomic E-state index is 6.21. The minimum Gasteiger partial charge on any atom is -0.490 e. The van der Waals surface area contributed by atoms with Crippen LogP contribution >= 0.6 is 24.0 Å². The molecule has 2 N–H and O–H groups in total. The number of ether oxygens (including phenoxy) is 1. The van der Waals surface area contributed by atoms with Gasteiger partial charge in [0.05, 0.1) is 6.10 Å². The standard InChI is InChI=1S/C17H27N3O.HI/c1-4-19-17(18-3)20-12-14-10-9-13(2)11-16(14)21-15-7-5-6-8-15;/h9-11,15H,4-8,12H2,1-3H3,(H2,18,19,20);1H. The minimum atomic E-state index is 0. The van der Waals surface area contributed by atoms with Gasteiger partial charge < -0.3 is 15.4 Å². The number of aliphatic imine (C=N–C) groups is 1. The van der Waals surface area contributed by atoms with Crippen LogP contribution in [-0.2, 0) is 6.54 Å². The Balaban J connectivity index is 0.00000242. The molecule has 1 saturated carbocycles. The molecule has 0 unspecified atom stereocenters. The van der Waals surface area contributed by atoms with Crippen LogP contribution in [0, 0.1) is 6.92 Å². The Hall–Kier alpha value is -0.980. The molecule has 2 rings (SSSR count). The second kappa shape index (κ2) is 9.92. The summed E-state index contributed by atoms with van der Waals surface area (Å²) in [6.45, 7) is 5.75. The SMILES string of the molecule is CCNC(=NC)NCc1ccc(C)cc1OC1CCCC1.I. The molecule has 1 aromatic carbocycles. The number of hydrogen-bond donors (Lipinski definition) is 2. The van der Waals surface area contributed by atoms with Crippen molar-refractivity contribution in [3.63, 3.8) is 0 Å². The van der Waals surface area contributed by atoms with Gasteiger partial charge in [-0.2, -0.15) is 0 Å². The summed E-state index contributed by atoms with van der Waals surface area (Å²) in [5, 5.41) is 6.53. The number of hydrogen-bond acceptors (Lipinski definition) is 2. The zero-order valence-electron chi connectivity index (χ0n) is 13.8. The Morgan fingerprint density at radius 1 is 1.27 bits per heavy atom. The van der Waals surface area contributed by atoms with E-state index in [1.165, 1.54) is 36.8 Å². The van der Waals surface area contributed by atoms with Gasteiger partial charge in [0.2, 0.25) is 0 Å². The fourth-order valence-corrected chi connectivity index (χ4v) is 2.67. The van der Waals surface area contributed by atoms with Crippen LogP contribution in [0.25, 0.3) is 0 Å². The molecule has 1 aromatic rings. The van der Waals surface area contributed by atoms with Crippen molar-refractivity contribution in [3.8, 4) is 5.75 Å². The van der Waals surface area contributed by atoms with Crippen LogP contribution in [0.2, 0.25) is 0 Å². The highest BCUT2D eigenvalue weighted by molar-refractivity contribution is 14.0. The Kier molecular flexibility index (Phi) is 8.60. The van der Waals surface area contributed by atoms with Crippen molar-refractivity contribution >= 4 is 29.9 Å². The summed E-state index contributed by atoms with van der Waals surface area (Å²) in [7, 11) is 1.79. The largest absolute Gasteiger partial charge is 0.490 e. The quantitative estimate of drug-likeness (QED) is 0.437. The Morgan fingerprint density at radius 2 is 2.00 bits per heavy atom. The van der Waals surface area contributed by atoms with Crippen molar-refractivity contribution in [2.75, 3.05) is 13.6 Å². The van der Waals surface area contributed by atoms with Crippen molar-refractivity contribution < 1.29 is 4.74 Å². The van der Waals surface area contributed by atoms with E-state index in [1.807, 2.05) is 0 Å². The second-order valence-corrected chi connectivity index (χ2v) is 5.59. The summed E-state index contributed by atoms with van der Waals surface area (Å²) in [6.07, 6.45) is 5.33. The molecule has 4 nitrogen and oxygen atoms in total. The molecular formula is C17H28IN3O. The number of halogens is 1. The number of guanidine groups is 1. The number of nitrogens with zero attached hydrogens (tertiary/aromatic N) is 1. The molecule has 1 aliphatic carbocycles. The summed E-state index contributed by atoms with van der Waals surface area (Å²) < 4.78 is 6.21. The zero-order chi connectivity index (χ0) is 15.1. The minimum absolute atomic E-state index is 0. The van der Waals surface area contributed by atoms with Gasteiger partial charge in [-0.05, 0) is 51.2 Å². The first-order valence-electron chi connectivity index (χ1n) is 7.93. The van der Waals surface area contributed by atoms with Gasteiger partial charge >= 0.3 is 0 Å². The van der Waals surface area contributed by atoms with Gasteiger partial charge in [0.25, 0.3) is 0 Å². The van der Waals surface area contributed by atoms with Crippen LogP contribution in [0.3, 0.4) is 0 Å². The molecule has 124 valence electrons. The van der Waals surface area contributed by atoms with E-state index in [9.17, 15) is 0 Å². The van der Waals surface area contributed by atoms with Gasteiger partial charge in [-0.1, -0.05) is 12.1 Å². The molecule has 0 aromatic heterocycles. The van der Waals surface area contributed by atoms with Crippen LogP contribution in [0.5, 0.6) is 5.75 Å². The van der Waals surface area contributed by atoms with Gasteiger partial charge in [0.15, 0.2) is 5.96 Å². The highest BCUT2D eigenvalue weighted by Crippen LogP contribution is 2.27. The lowest BCUT2D eigenvalue weighted by Gasteiger charge is -2.18. The highest BCUT2D eigenvalue weighted by atomic mass is 127. The van der Waals surface area contributed by atoms with Crippen LogP contribution in [0.4, 0.5) is 0 Å². The fraction of sp³-hybridized carbons (Fsp3) is 0.588. The molecule has 0 heterocycles. The third kappa shape index (κ3) is 5.66. The molecule has 1 aliphatic rings. The van der Waals surface area contributed by atoms with Crippen molar-refractivity contribution in [3.05, 3.63) is 29.3 Å². The number of nitrogens with one attached hydrogen (secondary N) is 2. The average Bonchev–Trinajstić information content (AvgIpc) is 2.98. The third-order valence-electron chi connectivity index (χ3n) is 3.83. The summed E-state index contributed by atoms with van der Waals surface area (Å²) in [6, 6.07) is 6.42. The maximum absolute atomic E-state index is 6.21. The summed E-state index contributed by atoms with van der Waals surface area (Å²) >= 11 is 0. The molecular weight excluding hydrogens is 389 g/mol. The normalized spacial score (nSPS) is 15.3. The van der Waals surface area contributed by atoms with E-state index in [0.717, 1.165) is 24.8 Å². The monoisotopic (exact) mass is 417 g/mol. The lowest BCUT2D eigenvalue weighted by molar-refractivity contribution is 0.207. The van der Waals surface area contributed by atoms with Crippen LogP contribution in [0.15, 0.2) is 23.2 Å². The van der Waals surface area contributed by atoms with Crippen LogP contribution in [-0.4, -0.2) is 25.7 Å². The lowest BCUT2D eigenvalue weighted by Crippen LogP contribution is -2.36. The number of benzene rings is 1. The first kappa shape index (κ1) is 19.1. The summed E-state index contributed by atoms with van der Waals surface area (Å²) in [5.74, 6) is 1.84. The molecule has 5 heteroatoms. The smallest absolute Gasteiger partial charge is 0.191 e. The zero-order valence-corrected chi connectivity index (χ0v) is 16.1. The molecule has 0 amide bonds. The maximum Gasteiger partial charge on any atom is 0.191 e. The summed E-state index contributed by atoms with van der Waals surface area (Å²) in [5.41, 5.74) is 2.43. The van der Waals surface area contributed by atoms with E-state index < -0.39 is 0 Å². The van der Waals surface area contributed by atoms with Gasteiger partial charge in [-0.3, -0.25) is 4.99 Å². The molecule has 1 fully saturated rings. The first-order chi connectivity index (χ1) is 10.2. The Bertz CT molecular complexity index is 485. The van der Waals surface area contributed by atoms with Crippen LogP contribution in [0.1, 0.15) is 43.7 Å². The van der Waals surface area contributed by atoms with Crippen molar-refractivity contribution in [1.82, 2.24) is 10.6 Å². The third-order valence-corrected chi connectivity index (χ3v) is 3.83. The molecule has 22 heavy (non-hydrogen) atoms.